The van der Waals surface area contributed by atoms with E-state index in [0.29, 0.717) is 19.3 Å². The van der Waals surface area contributed by atoms with E-state index in [1.165, 1.54) is 0 Å². The number of alkyl halides is 2. The van der Waals surface area contributed by atoms with Crippen molar-refractivity contribution in [1.82, 2.24) is 10.2 Å². The molecule has 1 saturated heterocycles. The topological polar surface area (TPSA) is 49.4 Å². The van der Waals surface area contributed by atoms with Gasteiger partial charge in [0, 0.05) is 24.2 Å². The summed E-state index contributed by atoms with van der Waals surface area (Å²) in [6.45, 7) is 5.53. The molecule has 0 aliphatic carbocycles. The second-order valence-corrected chi connectivity index (χ2v) is 6.20. The SMILES string of the molecule is C=CC(=O)NC1(CC)CCN(C(=O)C(F)(F)c2ccc(F)cc2)CC1. The highest BCUT2D eigenvalue weighted by Crippen LogP contribution is 2.33. The lowest BCUT2D eigenvalue weighted by Gasteiger charge is -2.42. The van der Waals surface area contributed by atoms with Crippen LogP contribution in [-0.4, -0.2) is 35.3 Å². The van der Waals surface area contributed by atoms with Crippen LogP contribution in [0, 0.1) is 5.82 Å². The molecule has 1 heterocycles. The second kappa shape index (κ2) is 7.29. The number of rotatable bonds is 5. The highest BCUT2D eigenvalue weighted by Gasteiger charge is 2.46. The van der Waals surface area contributed by atoms with Crippen molar-refractivity contribution in [2.75, 3.05) is 13.1 Å². The summed E-state index contributed by atoms with van der Waals surface area (Å²) in [6.07, 6.45) is 2.56. The minimum absolute atomic E-state index is 0.112. The molecule has 1 aromatic rings. The molecule has 2 amide bonds. The van der Waals surface area contributed by atoms with Crippen LogP contribution >= 0.6 is 0 Å². The number of likely N-dealkylation sites (tertiary alicyclic amines) is 1. The molecule has 1 aromatic carbocycles. The maximum absolute atomic E-state index is 14.4. The molecule has 0 aromatic heterocycles. The monoisotopic (exact) mass is 354 g/mol. The molecule has 0 spiro atoms. The predicted octanol–water partition coefficient (Wildman–Crippen LogP) is 2.99. The molecule has 0 unspecified atom stereocenters. The quantitative estimate of drug-likeness (QED) is 0.827. The Labute approximate surface area is 144 Å². The van der Waals surface area contributed by atoms with Crippen LogP contribution < -0.4 is 5.32 Å². The Morgan fingerprint density at radius 3 is 2.32 bits per heavy atom. The zero-order valence-electron chi connectivity index (χ0n) is 14.0. The van der Waals surface area contributed by atoms with E-state index in [2.05, 4.69) is 11.9 Å². The third-order valence-corrected chi connectivity index (χ3v) is 4.73. The van der Waals surface area contributed by atoms with Gasteiger partial charge in [0.25, 0.3) is 5.91 Å². The highest BCUT2D eigenvalue weighted by molar-refractivity contribution is 5.87. The van der Waals surface area contributed by atoms with Crippen LogP contribution in [0.3, 0.4) is 0 Å². The van der Waals surface area contributed by atoms with Crippen molar-refractivity contribution in [3.8, 4) is 0 Å². The molecule has 7 heteroatoms. The number of nitrogens with zero attached hydrogens (tertiary/aromatic N) is 1. The lowest BCUT2D eigenvalue weighted by Crippen LogP contribution is -2.57. The Bertz CT molecular complexity index is 651. The van der Waals surface area contributed by atoms with Gasteiger partial charge in [-0.15, -0.1) is 0 Å². The molecule has 1 fully saturated rings. The van der Waals surface area contributed by atoms with Gasteiger partial charge in [0.15, 0.2) is 0 Å². The molecule has 1 aliphatic rings. The van der Waals surface area contributed by atoms with E-state index in [-0.39, 0.29) is 19.0 Å². The Balaban J connectivity index is 2.08. The van der Waals surface area contributed by atoms with Crippen molar-refractivity contribution in [2.24, 2.45) is 0 Å². The summed E-state index contributed by atoms with van der Waals surface area (Å²) in [5.74, 6) is -5.99. The van der Waals surface area contributed by atoms with Crippen molar-refractivity contribution in [2.45, 2.75) is 37.6 Å². The van der Waals surface area contributed by atoms with Crippen molar-refractivity contribution in [3.63, 3.8) is 0 Å². The van der Waals surface area contributed by atoms with Crippen LogP contribution in [0.5, 0.6) is 0 Å². The maximum Gasteiger partial charge on any atom is 0.349 e. The molecule has 0 atom stereocenters. The van der Waals surface area contributed by atoms with Crippen molar-refractivity contribution in [3.05, 3.63) is 48.3 Å². The van der Waals surface area contributed by atoms with E-state index >= 15 is 0 Å². The second-order valence-electron chi connectivity index (χ2n) is 6.20. The number of carbonyl (C=O) groups excluding carboxylic acids is 2. The lowest BCUT2D eigenvalue weighted by atomic mass is 9.84. The summed E-state index contributed by atoms with van der Waals surface area (Å²) in [7, 11) is 0. The van der Waals surface area contributed by atoms with E-state index < -0.39 is 28.7 Å². The Kier molecular flexibility index (Phi) is 5.55. The summed E-state index contributed by atoms with van der Waals surface area (Å²) >= 11 is 0. The zero-order valence-corrected chi connectivity index (χ0v) is 14.0. The lowest BCUT2D eigenvalue weighted by molar-refractivity contribution is -0.161. The van der Waals surface area contributed by atoms with Crippen LogP contribution in [0.1, 0.15) is 31.7 Å². The average molecular weight is 354 g/mol. The van der Waals surface area contributed by atoms with Gasteiger partial charge >= 0.3 is 5.92 Å². The van der Waals surface area contributed by atoms with Crippen LogP contribution in [-0.2, 0) is 15.5 Å². The number of halogens is 3. The van der Waals surface area contributed by atoms with E-state index in [1.54, 1.807) is 0 Å². The van der Waals surface area contributed by atoms with Gasteiger partial charge in [-0.2, -0.15) is 8.78 Å². The Morgan fingerprint density at radius 1 is 1.28 bits per heavy atom. The van der Waals surface area contributed by atoms with Gasteiger partial charge in [0.05, 0.1) is 0 Å². The summed E-state index contributed by atoms with van der Waals surface area (Å²) in [5.41, 5.74) is -1.06. The first-order chi connectivity index (χ1) is 11.7. The molecule has 0 radical (unpaired) electrons. The van der Waals surface area contributed by atoms with E-state index in [1.807, 2.05) is 6.92 Å². The number of amides is 2. The van der Waals surface area contributed by atoms with Gasteiger partial charge in [-0.3, -0.25) is 9.59 Å². The molecular weight excluding hydrogens is 333 g/mol. The van der Waals surface area contributed by atoms with Gasteiger partial charge < -0.3 is 10.2 Å². The average Bonchev–Trinajstić information content (AvgIpc) is 2.62. The molecular formula is C18H21F3N2O2. The first kappa shape index (κ1) is 19.0. The molecule has 0 bridgehead atoms. The number of hydrogen-bond donors (Lipinski definition) is 1. The van der Waals surface area contributed by atoms with Gasteiger partial charge in [-0.05, 0) is 49.6 Å². The first-order valence-corrected chi connectivity index (χ1v) is 8.12. The summed E-state index contributed by atoms with van der Waals surface area (Å²) in [5, 5.41) is 2.84. The summed E-state index contributed by atoms with van der Waals surface area (Å²) in [6, 6.07) is 3.63. The minimum atomic E-state index is -3.72. The normalized spacial score (nSPS) is 17.0. The van der Waals surface area contributed by atoms with Gasteiger partial charge in [-0.25, -0.2) is 4.39 Å². The molecule has 0 saturated carbocycles. The smallest absolute Gasteiger partial charge is 0.347 e. The third kappa shape index (κ3) is 4.03. The minimum Gasteiger partial charge on any atom is -0.347 e. The Morgan fingerprint density at radius 2 is 1.84 bits per heavy atom. The summed E-state index contributed by atoms with van der Waals surface area (Å²) < 4.78 is 41.7. The van der Waals surface area contributed by atoms with Gasteiger partial charge in [0.1, 0.15) is 5.82 Å². The van der Waals surface area contributed by atoms with E-state index in [0.717, 1.165) is 35.2 Å². The van der Waals surface area contributed by atoms with Crippen LogP contribution in [0.25, 0.3) is 0 Å². The number of benzene rings is 1. The van der Waals surface area contributed by atoms with Crippen molar-refractivity contribution >= 4 is 11.8 Å². The maximum atomic E-state index is 14.4. The van der Waals surface area contributed by atoms with Crippen LogP contribution in [0.2, 0.25) is 0 Å². The number of piperidine rings is 1. The molecule has 1 aliphatic heterocycles. The predicted molar refractivity (Wildman–Crippen MR) is 87.5 cm³/mol. The fraction of sp³-hybridized carbons (Fsp3) is 0.444. The molecule has 136 valence electrons. The number of nitrogens with one attached hydrogen (secondary N) is 1. The summed E-state index contributed by atoms with van der Waals surface area (Å²) in [4.78, 5) is 24.9. The molecule has 4 nitrogen and oxygen atoms in total. The van der Waals surface area contributed by atoms with E-state index in [9.17, 15) is 22.8 Å². The Hall–Kier alpha value is -2.31. The molecule has 25 heavy (non-hydrogen) atoms. The fourth-order valence-corrected chi connectivity index (χ4v) is 3.00. The number of hydrogen-bond acceptors (Lipinski definition) is 2. The van der Waals surface area contributed by atoms with Crippen molar-refractivity contribution in [1.29, 1.82) is 0 Å². The van der Waals surface area contributed by atoms with Crippen LogP contribution in [0.15, 0.2) is 36.9 Å². The zero-order chi connectivity index (χ0) is 18.7. The first-order valence-electron chi connectivity index (χ1n) is 8.12. The molecule has 1 N–H and O–H groups in total. The highest BCUT2D eigenvalue weighted by atomic mass is 19.3. The third-order valence-electron chi connectivity index (χ3n) is 4.73. The number of carbonyl (C=O) groups is 2. The fourth-order valence-electron chi connectivity index (χ4n) is 3.00. The van der Waals surface area contributed by atoms with Gasteiger partial charge in [0.2, 0.25) is 5.91 Å². The largest absolute Gasteiger partial charge is 0.349 e. The standard InChI is InChI=1S/C18H21F3N2O2/c1-3-15(24)22-17(4-2)9-11-23(12-10-17)16(25)18(20,21)13-5-7-14(19)8-6-13/h3,5-8H,1,4,9-12H2,2H3,(H,22,24). The van der Waals surface area contributed by atoms with E-state index in [4.69, 9.17) is 0 Å². The molecule has 2 rings (SSSR count). The van der Waals surface area contributed by atoms with Gasteiger partial charge in [-0.1, -0.05) is 13.5 Å². The van der Waals surface area contributed by atoms with Crippen LogP contribution in [0.4, 0.5) is 13.2 Å². The van der Waals surface area contributed by atoms with Crippen molar-refractivity contribution < 1.29 is 22.8 Å².